The van der Waals surface area contributed by atoms with Crippen LogP contribution in [-0.2, 0) is 9.53 Å². The van der Waals surface area contributed by atoms with E-state index in [4.69, 9.17) is 4.74 Å². The number of hydrogen-bond donors (Lipinski definition) is 1. The third-order valence-electron chi connectivity index (χ3n) is 5.21. The van der Waals surface area contributed by atoms with Gasteiger partial charge in [-0.05, 0) is 44.7 Å². The van der Waals surface area contributed by atoms with Gasteiger partial charge in [-0.15, -0.1) is 11.8 Å². The fraction of sp³-hybridized carbons (Fsp3) is 0.680. The highest BCUT2D eigenvalue weighted by atomic mass is 32.2. The molecule has 0 aromatic rings. The second kappa shape index (κ2) is 19.3. The average Bonchev–Trinajstić information content (AvgIpc) is 3.22. The number of rotatable bonds is 10. The molecule has 1 aliphatic rings. The number of aliphatic imine (C=N–C) groups is 1. The summed E-state index contributed by atoms with van der Waals surface area (Å²) in [7, 11) is 5.55. The molecule has 0 saturated carbocycles. The zero-order valence-electron chi connectivity index (χ0n) is 21.4. The van der Waals surface area contributed by atoms with E-state index in [0.717, 1.165) is 30.0 Å². The molecular formula is C25H47N3O2S. The second-order valence-electron chi connectivity index (χ2n) is 6.89. The monoisotopic (exact) mass is 453 g/mol. The number of amides is 1. The standard InChI is InChI=1S/C21H35N3O2S.2C2H6/c1-8-11-16(9-2)14-17(21(22-4)27-7)23-20(25)15(3)19(26-6)18-12-10-13-24(18)5;2*1-2/h8-9,11,15,17-19H,1-2,10,12-14H2,3-7H3,(H,23,25);2*1-2H3/b16-11+,22-21?;;. The quantitative estimate of drug-likeness (QED) is 0.275. The minimum Gasteiger partial charge on any atom is -0.379 e. The average molecular weight is 454 g/mol. The van der Waals surface area contributed by atoms with Crippen molar-refractivity contribution in [2.45, 2.75) is 72.1 Å². The summed E-state index contributed by atoms with van der Waals surface area (Å²) < 4.78 is 5.74. The van der Waals surface area contributed by atoms with E-state index >= 15 is 0 Å². The van der Waals surface area contributed by atoms with Crippen molar-refractivity contribution >= 4 is 22.7 Å². The molecule has 0 spiro atoms. The van der Waals surface area contributed by atoms with Crippen molar-refractivity contribution in [2.24, 2.45) is 10.9 Å². The lowest BCUT2D eigenvalue weighted by molar-refractivity contribution is -0.130. The molecule has 1 aliphatic heterocycles. The summed E-state index contributed by atoms with van der Waals surface area (Å²) in [5.41, 5.74) is 1.01. The summed E-state index contributed by atoms with van der Waals surface area (Å²) in [5, 5.41) is 4.07. The van der Waals surface area contributed by atoms with Crippen molar-refractivity contribution in [3.05, 3.63) is 37.0 Å². The Bertz CT molecular complexity index is 575. The van der Waals surface area contributed by atoms with Crippen LogP contribution in [-0.4, -0.2) is 68.0 Å². The molecule has 1 fully saturated rings. The molecule has 1 amide bonds. The first-order valence-corrected chi connectivity index (χ1v) is 12.6. The number of nitrogens with zero attached hydrogens (tertiary/aromatic N) is 2. The topological polar surface area (TPSA) is 53.9 Å². The zero-order valence-corrected chi connectivity index (χ0v) is 22.2. The van der Waals surface area contributed by atoms with E-state index in [2.05, 4.69) is 35.4 Å². The molecule has 0 aromatic heterocycles. The lowest BCUT2D eigenvalue weighted by Crippen LogP contribution is -2.50. The molecule has 0 aromatic carbocycles. The Kier molecular flexibility index (Phi) is 19.8. The van der Waals surface area contributed by atoms with Gasteiger partial charge < -0.3 is 15.0 Å². The van der Waals surface area contributed by atoms with Crippen LogP contribution in [0, 0.1) is 5.92 Å². The van der Waals surface area contributed by atoms with Crippen LogP contribution in [0.4, 0.5) is 0 Å². The van der Waals surface area contributed by atoms with E-state index in [-0.39, 0.29) is 30.0 Å². The first-order valence-electron chi connectivity index (χ1n) is 11.4. The Hall–Kier alpha value is -1.37. The molecule has 31 heavy (non-hydrogen) atoms. The lowest BCUT2D eigenvalue weighted by Gasteiger charge is -2.32. The number of likely N-dealkylation sites (tertiary alicyclic amines) is 1. The number of nitrogens with one attached hydrogen (secondary N) is 1. The Morgan fingerprint density at radius 3 is 2.32 bits per heavy atom. The van der Waals surface area contributed by atoms with Crippen LogP contribution in [0.2, 0.25) is 0 Å². The van der Waals surface area contributed by atoms with Crippen molar-refractivity contribution in [2.75, 3.05) is 34.0 Å². The predicted octanol–water partition coefficient (Wildman–Crippen LogP) is 5.35. The molecule has 1 N–H and O–H groups in total. The normalized spacial score (nSPS) is 19.7. The minimum atomic E-state index is -0.251. The van der Waals surface area contributed by atoms with Gasteiger partial charge in [0.25, 0.3) is 0 Å². The van der Waals surface area contributed by atoms with Crippen molar-refractivity contribution in [1.29, 1.82) is 0 Å². The molecule has 0 bridgehead atoms. The fourth-order valence-corrected chi connectivity index (χ4v) is 4.30. The number of carbonyl (C=O) groups excluding carboxylic acids is 1. The summed E-state index contributed by atoms with van der Waals surface area (Å²) >= 11 is 1.55. The zero-order chi connectivity index (χ0) is 24.4. The Labute approximate surface area is 196 Å². The van der Waals surface area contributed by atoms with E-state index < -0.39 is 0 Å². The van der Waals surface area contributed by atoms with Gasteiger partial charge in [0.15, 0.2) is 0 Å². The molecule has 1 saturated heterocycles. The van der Waals surface area contributed by atoms with Crippen molar-refractivity contribution in [1.82, 2.24) is 10.2 Å². The highest BCUT2D eigenvalue weighted by molar-refractivity contribution is 8.13. The molecule has 180 valence electrons. The molecular weight excluding hydrogens is 406 g/mol. The molecule has 5 nitrogen and oxygen atoms in total. The van der Waals surface area contributed by atoms with Crippen molar-refractivity contribution in [3.63, 3.8) is 0 Å². The molecule has 4 unspecified atom stereocenters. The molecule has 6 heteroatoms. The van der Waals surface area contributed by atoms with Gasteiger partial charge in [-0.3, -0.25) is 9.79 Å². The van der Waals surface area contributed by atoms with E-state index in [0.29, 0.717) is 6.42 Å². The maximum atomic E-state index is 13.0. The van der Waals surface area contributed by atoms with Gasteiger partial charge in [0.1, 0.15) is 0 Å². The number of carbonyl (C=O) groups is 1. The summed E-state index contributed by atoms with van der Waals surface area (Å²) in [6, 6.07) is 0.0847. The second-order valence-corrected chi connectivity index (χ2v) is 7.72. The maximum absolute atomic E-state index is 13.0. The van der Waals surface area contributed by atoms with Crippen LogP contribution < -0.4 is 5.32 Å². The maximum Gasteiger partial charge on any atom is 0.226 e. The van der Waals surface area contributed by atoms with Gasteiger partial charge in [0.05, 0.1) is 23.1 Å². The van der Waals surface area contributed by atoms with Crippen LogP contribution in [0.15, 0.2) is 42.0 Å². The van der Waals surface area contributed by atoms with Gasteiger partial charge in [-0.25, -0.2) is 0 Å². The minimum absolute atomic E-state index is 0.00985. The third kappa shape index (κ3) is 10.7. The van der Waals surface area contributed by atoms with Crippen LogP contribution in [0.5, 0.6) is 0 Å². The van der Waals surface area contributed by atoms with Crippen LogP contribution >= 0.6 is 11.8 Å². The lowest BCUT2D eigenvalue weighted by atomic mass is 9.94. The van der Waals surface area contributed by atoms with Crippen molar-refractivity contribution < 1.29 is 9.53 Å². The number of ether oxygens (including phenoxy) is 1. The van der Waals surface area contributed by atoms with E-state index in [9.17, 15) is 4.79 Å². The number of allylic oxidation sites excluding steroid dienone is 3. The SMILES string of the molecule is C=C/C=C(\C=C)CC(NC(=O)C(C)C(OC)C1CCCN1C)C(=NC)SC.CC.CC. The Morgan fingerprint density at radius 2 is 1.94 bits per heavy atom. The fourth-order valence-electron chi connectivity index (χ4n) is 3.69. The number of thioether (sulfide) groups is 1. The van der Waals surface area contributed by atoms with Gasteiger partial charge in [0.2, 0.25) is 5.91 Å². The van der Waals surface area contributed by atoms with Crippen LogP contribution in [0.25, 0.3) is 0 Å². The number of hydrogen-bond acceptors (Lipinski definition) is 5. The number of likely N-dealkylation sites (N-methyl/N-ethyl adjacent to an activating group) is 1. The summed E-state index contributed by atoms with van der Waals surface area (Å²) in [6.45, 7) is 18.6. The van der Waals surface area contributed by atoms with Gasteiger partial charge in [-0.1, -0.05) is 66.0 Å². The first-order chi connectivity index (χ1) is 14.9. The van der Waals surface area contributed by atoms with Crippen LogP contribution in [0.3, 0.4) is 0 Å². The Balaban J connectivity index is 0. The summed E-state index contributed by atoms with van der Waals surface area (Å²) in [4.78, 5) is 19.7. The van der Waals surface area contributed by atoms with Gasteiger partial charge in [-0.2, -0.15) is 0 Å². The smallest absolute Gasteiger partial charge is 0.226 e. The molecule has 1 heterocycles. The van der Waals surface area contributed by atoms with Crippen molar-refractivity contribution in [3.8, 4) is 0 Å². The van der Waals surface area contributed by atoms with E-state index in [1.54, 1.807) is 38.1 Å². The molecule has 0 aliphatic carbocycles. The highest BCUT2D eigenvalue weighted by Gasteiger charge is 2.36. The number of methoxy groups -OCH3 is 1. The van der Waals surface area contributed by atoms with Crippen LogP contribution in [0.1, 0.15) is 53.9 Å². The molecule has 4 atom stereocenters. The van der Waals surface area contributed by atoms with E-state index in [1.807, 2.05) is 47.0 Å². The predicted molar refractivity (Wildman–Crippen MR) is 140 cm³/mol. The van der Waals surface area contributed by atoms with Gasteiger partial charge >= 0.3 is 0 Å². The Morgan fingerprint density at radius 1 is 1.32 bits per heavy atom. The largest absolute Gasteiger partial charge is 0.379 e. The van der Waals surface area contributed by atoms with Gasteiger partial charge in [0, 0.05) is 20.2 Å². The third-order valence-corrected chi connectivity index (χ3v) is 6.10. The molecule has 1 rings (SSSR count). The summed E-state index contributed by atoms with van der Waals surface area (Å²) in [6.07, 6.45) is 10.1. The van der Waals surface area contributed by atoms with E-state index in [1.165, 1.54) is 0 Å². The highest BCUT2D eigenvalue weighted by Crippen LogP contribution is 2.25. The molecule has 0 radical (unpaired) electrons. The summed E-state index contributed by atoms with van der Waals surface area (Å²) in [5.74, 6) is -0.261. The first kappa shape index (κ1) is 31.8.